The molecule has 0 radical (unpaired) electrons. The average molecular weight is 437 g/mol. The molecule has 0 spiro atoms. The van der Waals surface area contributed by atoms with Crippen molar-refractivity contribution in [2.45, 2.75) is 50.1 Å². The van der Waals surface area contributed by atoms with Crippen LogP contribution in [0.4, 0.5) is 10.1 Å². The monoisotopic (exact) mass is 436 g/mol. The predicted molar refractivity (Wildman–Crippen MR) is 116 cm³/mol. The van der Waals surface area contributed by atoms with E-state index in [1.54, 1.807) is 4.57 Å². The molecule has 1 saturated carbocycles. The average Bonchev–Trinajstić information content (AvgIpc) is 3.37. The number of hydrogen-bond acceptors (Lipinski definition) is 5. The first kappa shape index (κ1) is 21.3. The second kappa shape index (κ2) is 7.32. The number of aromatic nitrogens is 1. The van der Waals surface area contributed by atoms with Crippen molar-refractivity contribution in [2.24, 2.45) is 11.7 Å². The normalized spacial score (nSPS) is 21.0. The Bertz CT molecular complexity index is 1170. The molecule has 0 unspecified atom stereocenters. The lowest BCUT2D eigenvalue weighted by atomic mass is 10.0. The minimum Gasteiger partial charge on any atom is -0.369 e. The summed E-state index contributed by atoms with van der Waals surface area (Å²) >= 11 is 0. The number of halogens is 1. The van der Waals surface area contributed by atoms with Gasteiger partial charge in [0.2, 0.25) is 10.0 Å². The molecule has 1 aromatic carbocycles. The molecule has 0 amide bonds. The van der Waals surface area contributed by atoms with Crippen LogP contribution >= 0.6 is 0 Å². The first-order valence-corrected chi connectivity index (χ1v) is 11.8. The number of nitrogens with zero attached hydrogens (tertiary/aromatic N) is 3. The first-order chi connectivity index (χ1) is 14.0. The molecule has 2 aliphatic rings. The van der Waals surface area contributed by atoms with Gasteiger partial charge in [-0.05, 0) is 56.7 Å². The lowest BCUT2D eigenvalue weighted by molar-refractivity contribution is 0.487. The van der Waals surface area contributed by atoms with Gasteiger partial charge in [-0.25, -0.2) is 17.1 Å². The maximum atomic E-state index is 15.3. The van der Waals surface area contributed by atoms with Crippen molar-refractivity contribution < 1.29 is 12.8 Å². The molecule has 2 fully saturated rings. The van der Waals surface area contributed by atoms with Gasteiger partial charge in [-0.2, -0.15) is 0 Å². The van der Waals surface area contributed by atoms with Crippen LogP contribution in [0.15, 0.2) is 21.8 Å². The van der Waals surface area contributed by atoms with E-state index in [4.69, 9.17) is 5.73 Å². The van der Waals surface area contributed by atoms with E-state index in [-0.39, 0.29) is 22.9 Å². The minimum atomic E-state index is -3.94. The van der Waals surface area contributed by atoms with Crippen LogP contribution in [0.2, 0.25) is 0 Å². The maximum absolute atomic E-state index is 15.3. The summed E-state index contributed by atoms with van der Waals surface area (Å²) in [6.07, 6.45) is 2.51. The second-order valence-corrected chi connectivity index (χ2v) is 10.9. The molecule has 1 aliphatic carbocycles. The summed E-state index contributed by atoms with van der Waals surface area (Å²) in [6.45, 7) is 5.16. The molecule has 4 rings (SSSR count). The standard InChI is InChI=1S/C21H29FN4O3S/c1-12-19-15(9-17(22)20(12)25-8-7-14(11-25)13(2)23)10-18(30(28,29)24(3)4)21(27)26(19)16-5-6-16/h9-10,13-14,16H,5-8,11,23H2,1-4H3/t13-,14+/m0/s1. The number of pyridine rings is 1. The van der Waals surface area contributed by atoms with E-state index in [0.717, 1.165) is 23.6 Å². The number of fused-ring (bicyclic) bond motifs is 1. The Morgan fingerprint density at radius 1 is 1.23 bits per heavy atom. The van der Waals surface area contributed by atoms with Crippen molar-refractivity contribution in [1.29, 1.82) is 0 Å². The van der Waals surface area contributed by atoms with Gasteiger partial charge in [0.25, 0.3) is 5.56 Å². The number of nitrogens with two attached hydrogens (primary N) is 1. The highest BCUT2D eigenvalue weighted by Crippen LogP contribution is 2.40. The van der Waals surface area contributed by atoms with Gasteiger partial charge in [0.05, 0.1) is 11.2 Å². The van der Waals surface area contributed by atoms with Crippen LogP contribution in [0.25, 0.3) is 10.9 Å². The Morgan fingerprint density at radius 2 is 1.90 bits per heavy atom. The molecule has 1 aliphatic heterocycles. The number of benzene rings is 1. The van der Waals surface area contributed by atoms with Gasteiger partial charge in [-0.15, -0.1) is 0 Å². The third kappa shape index (κ3) is 3.33. The lowest BCUT2D eigenvalue weighted by Crippen LogP contribution is -2.33. The minimum absolute atomic E-state index is 0.0299. The number of hydrogen-bond donors (Lipinski definition) is 1. The van der Waals surface area contributed by atoms with Crippen molar-refractivity contribution in [3.63, 3.8) is 0 Å². The van der Waals surface area contributed by atoms with E-state index in [1.165, 1.54) is 26.2 Å². The SMILES string of the molecule is Cc1c(N2CC[C@@H]([C@H](C)N)C2)c(F)cc2cc(S(=O)(=O)N(C)C)c(=O)n(C3CC3)c12. The Kier molecular flexibility index (Phi) is 5.19. The van der Waals surface area contributed by atoms with Crippen LogP contribution in [0, 0.1) is 18.7 Å². The molecule has 2 heterocycles. The predicted octanol–water partition coefficient (Wildman–Crippen LogP) is 2.21. The topological polar surface area (TPSA) is 88.6 Å². The largest absolute Gasteiger partial charge is 0.369 e. The molecular weight excluding hydrogens is 407 g/mol. The quantitative estimate of drug-likeness (QED) is 0.776. The van der Waals surface area contributed by atoms with Gasteiger partial charge in [0.15, 0.2) is 0 Å². The Balaban J connectivity index is 1.96. The van der Waals surface area contributed by atoms with Crippen molar-refractivity contribution in [3.8, 4) is 0 Å². The molecule has 9 heteroatoms. The third-order valence-corrected chi connectivity index (χ3v) is 8.21. The fourth-order valence-electron chi connectivity index (χ4n) is 4.50. The number of anilines is 1. The highest BCUT2D eigenvalue weighted by atomic mass is 32.2. The fraction of sp³-hybridized carbons (Fsp3) is 0.571. The van der Waals surface area contributed by atoms with Crippen LogP contribution in [-0.4, -0.2) is 50.5 Å². The van der Waals surface area contributed by atoms with Gasteiger partial charge in [-0.3, -0.25) is 4.79 Å². The maximum Gasteiger partial charge on any atom is 0.271 e. The van der Waals surface area contributed by atoms with Crippen molar-refractivity contribution >= 4 is 26.6 Å². The van der Waals surface area contributed by atoms with Gasteiger partial charge >= 0.3 is 0 Å². The zero-order valence-corrected chi connectivity index (χ0v) is 18.7. The van der Waals surface area contributed by atoms with Gasteiger partial charge in [0, 0.05) is 44.7 Å². The van der Waals surface area contributed by atoms with Gasteiger partial charge < -0.3 is 15.2 Å². The Morgan fingerprint density at radius 3 is 2.43 bits per heavy atom. The summed E-state index contributed by atoms with van der Waals surface area (Å²) in [7, 11) is -1.17. The molecule has 2 atom stereocenters. The van der Waals surface area contributed by atoms with Gasteiger partial charge in [-0.1, -0.05) is 0 Å². The molecule has 0 bridgehead atoms. The fourth-order valence-corrected chi connectivity index (χ4v) is 5.49. The van der Waals surface area contributed by atoms with Crippen molar-refractivity contribution in [3.05, 3.63) is 33.9 Å². The first-order valence-electron chi connectivity index (χ1n) is 10.4. The van der Waals surface area contributed by atoms with E-state index in [1.807, 2.05) is 18.7 Å². The highest BCUT2D eigenvalue weighted by molar-refractivity contribution is 7.89. The van der Waals surface area contributed by atoms with E-state index in [2.05, 4.69) is 0 Å². The summed E-state index contributed by atoms with van der Waals surface area (Å²) in [6, 6.07) is 2.66. The molecular formula is C21H29FN4O3S. The summed E-state index contributed by atoms with van der Waals surface area (Å²) in [5.74, 6) is -0.114. The smallest absolute Gasteiger partial charge is 0.271 e. The summed E-state index contributed by atoms with van der Waals surface area (Å²) in [5.41, 5.74) is 7.31. The number of rotatable bonds is 5. The summed E-state index contributed by atoms with van der Waals surface area (Å²) in [4.78, 5) is 15.0. The van der Waals surface area contributed by atoms with Gasteiger partial charge in [0.1, 0.15) is 10.7 Å². The van der Waals surface area contributed by atoms with Crippen molar-refractivity contribution in [2.75, 3.05) is 32.1 Å². The van der Waals surface area contributed by atoms with Crippen LogP contribution in [0.5, 0.6) is 0 Å². The molecule has 30 heavy (non-hydrogen) atoms. The van der Waals surface area contributed by atoms with Crippen LogP contribution in [0.3, 0.4) is 0 Å². The molecule has 7 nitrogen and oxygen atoms in total. The van der Waals surface area contributed by atoms with E-state index in [9.17, 15) is 13.2 Å². The van der Waals surface area contributed by atoms with E-state index in [0.29, 0.717) is 35.2 Å². The number of sulfonamides is 1. The summed E-state index contributed by atoms with van der Waals surface area (Å²) < 4.78 is 43.3. The molecule has 1 saturated heterocycles. The van der Waals surface area contributed by atoms with E-state index < -0.39 is 21.4 Å². The molecule has 2 aromatic rings. The highest BCUT2D eigenvalue weighted by Gasteiger charge is 2.34. The zero-order chi connectivity index (χ0) is 22.0. The van der Waals surface area contributed by atoms with Crippen LogP contribution < -0.4 is 16.2 Å². The van der Waals surface area contributed by atoms with Crippen molar-refractivity contribution in [1.82, 2.24) is 8.87 Å². The van der Waals surface area contributed by atoms with Crippen LogP contribution in [-0.2, 0) is 10.0 Å². The van der Waals surface area contributed by atoms with E-state index >= 15 is 4.39 Å². The molecule has 164 valence electrons. The Hall–Kier alpha value is -1.97. The molecule has 2 N–H and O–H groups in total. The van der Waals surface area contributed by atoms with Crippen LogP contribution in [0.1, 0.15) is 37.8 Å². The lowest BCUT2D eigenvalue weighted by Gasteiger charge is -2.25. The summed E-state index contributed by atoms with van der Waals surface area (Å²) in [5, 5.41) is 0.434. The third-order valence-electron chi connectivity index (χ3n) is 6.40. The number of aryl methyl sites for hydroxylation is 1. The molecule has 1 aromatic heterocycles. The zero-order valence-electron chi connectivity index (χ0n) is 17.9. The Labute approximate surface area is 176 Å². The second-order valence-electron chi connectivity index (χ2n) is 8.83.